The third-order valence-electron chi connectivity index (χ3n) is 3.81. The Morgan fingerprint density at radius 2 is 2.50 bits per heavy atom. The van der Waals surface area contributed by atoms with Crippen LogP contribution in [0.2, 0.25) is 0 Å². The Hall–Kier alpha value is -1.49. The van der Waals surface area contributed by atoms with E-state index in [0.717, 1.165) is 25.1 Å². The summed E-state index contributed by atoms with van der Waals surface area (Å²) in [5.74, 6) is -0.314. The smallest absolute Gasteiger partial charge is 0.321 e. The van der Waals surface area contributed by atoms with Gasteiger partial charge in [0, 0.05) is 11.6 Å². The number of nitrogens with zero attached hydrogens (tertiary/aromatic N) is 2. The Morgan fingerprint density at radius 1 is 1.62 bits per heavy atom. The van der Waals surface area contributed by atoms with E-state index in [9.17, 15) is 9.90 Å². The lowest BCUT2D eigenvalue weighted by molar-refractivity contribution is -0.141. The highest BCUT2D eigenvalue weighted by molar-refractivity contribution is 5.77. The van der Waals surface area contributed by atoms with Crippen LogP contribution in [0.3, 0.4) is 0 Å². The summed E-state index contributed by atoms with van der Waals surface area (Å²) >= 11 is 0. The minimum absolute atomic E-state index is 0.285. The number of hydrogen-bond acceptors (Lipinski definition) is 4. The second-order valence-electron chi connectivity index (χ2n) is 4.55. The van der Waals surface area contributed by atoms with E-state index in [2.05, 4.69) is 15.3 Å². The van der Waals surface area contributed by atoms with E-state index >= 15 is 0 Å². The highest BCUT2D eigenvalue weighted by Crippen LogP contribution is 2.59. The number of hydrogen-bond donors (Lipinski definition) is 2. The minimum atomic E-state index is -0.777. The van der Waals surface area contributed by atoms with Gasteiger partial charge in [0.15, 0.2) is 0 Å². The number of fused-ring (bicyclic) bond motifs is 1. The van der Waals surface area contributed by atoms with E-state index < -0.39 is 12.0 Å². The normalized spacial score (nSPS) is 36.5. The van der Waals surface area contributed by atoms with Crippen LogP contribution < -0.4 is 5.32 Å². The molecule has 2 N–H and O–H groups in total. The molecule has 3 unspecified atom stereocenters. The molecule has 2 heterocycles. The monoisotopic (exact) mass is 219 g/mol. The second kappa shape index (κ2) is 3.25. The van der Waals surface area contributed by atoms with Crippen molar-refractivity contribution in [1.82, 2.24) is 15.3 Å². The summed E-state index contributed by atoms with van der Waals surface area (Å²) in [6, 6.07) is 1.34. The SMILES string of the molecule is O=C(O)C1NCCC2CC21c1ccncn1. The van der Waals surface area contributed by atoms with Gasteiger partial charge in [-0.15, -0.1) is 0 Å². The first-order chi connectivity index (χ1) is 7.75. The van der Waals surface area contributed by atoms with E-state index in [-0.39, 0.29) is 5.41 Å². The molecule has 0 amide bonds. The molecule has 1 aromatic rings. The number of carboxylic acid groups (broad SMARTS) is 1. The average molecular weight is 219 g/mol. The second-order valence-corrected chi connectivity index (χ2v) is 4.55. The number of rotatable bonds is 2. The van der Waals surface area contributed by atoms with Crippen LogP contribution in [0.15, 0.2) is 18.6 Å². The Bertz CT molecular complexity index is 422. The number of carbonyl (C=O) groups is 1. The van der Waals surface area contributed by atoms with E-state index in [1.54, 1.807) is 6.20 Å². The fraction of sp³-hybridized carbons (Fsp3) is 0.545. The summed E-state index contributed by atoms with van der Waals surface area (Å²) in [6.07, 6.45) is 5.13. The number of carboxylic acids is 1. The highest BCUT2D eigenvalue weighted by Gasteiger charge is 2.64. The van der Waals surface area contributed by atoms with Gasteiger partial charge in [-0.2, -0.15) is 0 Å². The lowest BCUT2D eigenvalue weighted by Gasteiger charge is -2.29. The van der Waals surface area contributed by atoms with Gasteiger partial charge < -0.3 is 10.4 Å². The fourth-order valence-corrected chi connectivity index (χ4v) is 2.98. The maximum atomic E-state index is 11.3. The van der Waals surface area contributed by atoms with Crippen molar-refractivity contribution in [1.29, 1.82) is 0 Å². The van der Waals surface area contributed by atoms with Crippen molar-refractivity contribution in [3.05, 3.63) is 24.3 Å². The van der Waals surface area contributed by atoms with Crippen molar-refractivity contribution in [2.24, 2.45) is 5.92 Å². The molecule has 3 rings (SSSR count). The summed E-state index contributed by atoms with van der Waals surface area (Å²) in [4.78, 5) is 19.4. The zero-order valence-corrected chi connectivity index (χ0v) is 8.76. The van der Waals surface area contributed by atoms with Crippen molar-refractivity contribution >= 4 is 5.97 Å². The molecule has 0 radical (unpaired) electrons. The van der Waals surface area contributed by atoms with Gasteiger partial charge in [0.05, 0.1) is 5.69 Å². The number of piperidine rings is 1. The number of nitrogens with one attached hydrogen (secondary N) is 1. The van der Waals surface area contributed by atoms with Gasteiger partial charge in [0.1, 0.15) is 12.4 Å². The van der Waals surface area contributed by atoms with Gasteiger partial charge in [-0.05, 0) is 31.4 Å². The molecule has 5 nitrogen and oxygen atoms in total. The molecule has 1 saturated carbocycles. The summed E-state index contributed by atoms with van der Waals surface area (Å²) in [7, 11) is 0. The van der Waals surface area contributed by atoms with Gasteiger partial charge >= 0.3 is 5.97 Å². The standard InChI is InChI=1S/C11H13N3O2/c15-10(16)9-11(5-7(11)1-4-13-9)8-2-3-12-6-14-8/h2-3,6-7,9,13H,1,4-5H2,(H,15,16). The molecule has 5 heteroatoms. The van der Waals surface area contributed by atoms with Gasteiger partial charge in [-0.25, -0.2) is 9.97 Å². The van der Waals surface area contributed by atoms with Crippen LogP contribution in [0.4, 0.5) is 0 Å². The van der Waals surface area contributed by atoms with Crippen LogP contribution in [0.1, 0.15) is 18.5 Å². The lowest BCUT2D eigenvalue weighted by atomic mass is 9.86. The van der Waals surface area contributed by atoms with Crippen molar-refractivity contribution in [3.63, 3.8) is 0 Å². The largest absolute Gasteiger partial charge is 0.480 e. The Labute approximate surface area is 92.9 Å². The molecule has 2 aliphatic rings. The zero-order chi connectivity index (χ0) is 11.2. The highest BCUT2D eigenvalue weighted by atomic mass is 16.4. The Balaban J connectivity index is 2.01. The zero-order valence-electron chi connectivity index (χ0n) is 8.76. The van der Waals surface area contributed by atoms with Crippen LogP contribution in [-0.2, 0) is 10.2 Å². The lowest BCUT2D eigenvalue weighted by Crippen LogP contribution is -2.50. The Morgan fingerprint density at radius 3 is 3.19 bits per heavy atom. The summed E-state index contributed by atoms with van der Waals surface area (Å²) < 4.78 is 0. The molecule has 0 spiro atoms. The molecule has 0 bridgehead atoms. The maximum Gasteiger partial charge on any atom is 0.321 e. The van der Waals surface area contributed by atoms with Gasteiger partial charge in [-0.3, -0.25) is 4.79 Å². The van der Waals surface area contributed by atoms with Gasteiger partial charge in [0.25, 0.3) is 0 Å². The molecule has 1 aliphatic carbocycles. The predicted molar refractivity (Wildman–Crippen MR) is 55.9 cm³/mol. The van der Waals surface area contributed by atoms with Crippen LogP contribution in [-0.4, -0.2) is 33.6 Å². The van der Waals surface area contributed by atoms with E-state index in [1.807, 2.05) is 6.07 Å². The Kier molecular flexibility index (Phi) is 1.97. The summed E-state index contributed by atoms with van der Waals surface area (Å²) in [5.41, 5.74) is 0.583. The topological polar surface area (TPSA) is 75.1 Å². The average Bonchev–Trinajstić information content (AvgIpc) is 3.05. The molecule has 1 saturated heterocycles. The van der Waals surface area contributed by atoms with Crippen molar-refractivity contribution in [3.8, 4) is 0 Å². The van der Waals surface area contributed by atoms with Crippen LogP contribution in [0, 0.1) is 5.92 Å². The van der Waals surface area contributed by atoms with Crippen molar-refractivity contribution in [2.75, 3.05) is 6.54 Å². The van der Waals surface area contributed by atoms with E-state index in [1.165, 1.54) is 6.33 Å². The molecule has 84 valence electrons. The van der Waals surface area contributed by atoms with Crippen molar-refractivity contribution in [2.45, 2.75) is 24.3 Å². The van der Waals surface area contributed by atoms with Crippen LogP contribution >= 0.6 is 0 Å². The molecule has 0 aromatic carbocycles. The fourth-order valence-electron chi connectivity index (χ4n) is 2.98. The first kappa shape index (κ1) is 9.72. The molecule has 1 aromatic heterocycles. The summed E-state index contributed by atoms with van der Waals surface area (Å²) in [5, 5.41) is 12.3. The first-order valence-corrected chi connectivity index (χ1v) is 5.48. The van der Waals surface area contributed by atoms with Gasteiger partial charge in [0.2, 0.25) is 0 Å². The van der Waals surface area contributed by atoms with Gasteiger partial charge in [-0.1, -0.05) is 0 Å². The predicted octanol–water partition coefficient (Wildman–Crippen LogP) is 0.181. The first-order valence-electron chi connectivity index (χ1n) is 5.48. The molecular weight excluding hydrogens is 206 g/mol. The quantitative estimate of drug-likeness (QED) is 0.742. The molecule has 3 atom stereocenters. The molecular formula is C11H13N3O2. The minimum Gasteiger partial charge on any atom is -0.480 e. The molecule has 1 aliphatic heterocycles. The molecule has 16 heavy (non-hydrogen) atoms. The van der Waals surface area contributed by atoms with Crippen LogP contribution in [0.25, 0.3) is 0 Å². The van der Waals surface area contributed by atoms with Crippen LogP contribution in [0.5, 0.6) is 0 Å². The number of aliphatic carboxylic acids is 1. The third-order valence-corrected chi connectivity index (χ3v) is 3.81. The van der Waals surface area contributed by atoms with E-state index in [4.69, 9.17) is 0 Å². The third kappa shape index (κ3) is 1.18. The van der Waals surface area contributed by atoms with E-state index in [0.29, 0.717) is 5.92 Å². The number of aromatic nitrogens is 2. The maximum absolute atomic E-state index is 11.3. The molecule has 2 fully saturated rings. The summed E-state index contributed by atoms with van der Waals surface area (Å²) in [6.45, 7) is 0.786. The van der Waals surface area contributed by atoms with Crippen molar-refractivity contribution < 1.29 is 9.90 Å².